The maximum Gasteiger partial charge on any atom is 0.184 e. The fraction of sp³-hybridized carbons (Fsp3) is 0.250. The van der Waals surface area contributed by atoms with Gasteiger partial charge in [-0.2, -0.15) is 0 Å². The standard InChI is InChI=1S/C8H7BrFN3S/c9-7-4-13(1-2-14-7)8-6(10)3-11-5-12-8/h3-5H,1-2H2. The Labute approximate surface area is 93.6 Å². The van der Waals surface area contributed by atoms with Gasteiger partial charge in [0.15, 0.2) is 11.6 Å². The fourth-order valence-corrected chi connectivity index (χ4v) is 2.57. The number of rotatable bonds is 1. The molecule has 1 aromatic rings. The van der Waals surface area contributed by atoms with E-state index in [4.69, 9.17) is 0 Å². The second-order valence-corrected chi connectivity index (χ2v) is 5.19. The van der Waals surface area contributed by atoms with Gasteiger partial charge in [-0.1, -0.05) is 0 Å². The largest absolute Gasteiger partial charge is 0.328 e. The Morgan fingerprint density at radius 2 is 2.43 bits per heavy atom. The number of thioether (sulfide) groups is 1. The Morgan fingerprint density at radius 3 is 3.14 bits per heavy atom. The Morgan fingerprint density at radius 1 is 1.57 bits per heavy atom. The summed E-state index contributed by atoms with van der Waals surface area (Å²) in [7, 11) is 0. The molecule has 6 heteroatoms. The quantitative estimate of drug-likeness (QED) is 0.787. The van der Waals surface area contributed by atoms with Gasteiger partial charge < -0.3 is 4.90 Å². The molecule has 14 heavy (non-hydrogen) atoms. The van der Waals surface area contributed by atoms with Crippen molar-refractivity contribution in [3.05, 3.63) is 28.4 Å². The highest BCUT2D eigenvalue weighted by atomic mass is 79.9. The van der Waals surface area contributed by atoms with E-state index in [0.717, 1.165) is 16.1 Å². The minimum absolute atomic E-state index is 0.331. The first-order valence-corrected chi connectivity index (χ1v) is 5.77. The highest BCUT2D eigenvalue weighted by Gasteiger charge is 2.15. The Kier molecular flexibility index (Phi) is 3.02. The van der Waals surface area contributed by atoms with Crippen LogP contribution in [0.4, 0.5) is 10.2 Å². The van der Waals surface area contributed by atoms with Gasteiger partial charge in [-0.3, -0.25) is 0 Å². The van der Waals surface area contributed by atoms with Gasteiger partial charge in [0, 0.05) is 18.5 Å². The number of hydrogen-bond acceptors (Lipinski definition) is 4. The molecule has 1 aliphatic rings. The monoisotopic (exact) mass is 275 g/mol. The van der Waals surface area contributed by atoms with Crippen LogP contribution in [0.2, 0.25) is 0 Å². The summed E-state index contributed by atoms with van der Waals surface area (Å²) in [4.78, 5) is 9.29. The highest BCUT2D eigenvalue weighted by molar-refractivity contribution is 9.14. The molecule has 0 bridgehead atoms. The summed E-state index contributed by atoms with van der Waals surface area (Å²) in [5.41, 5.74) is 0. The molecule has 0 amide bonds. The average Bonchev–Trinajstić information content (AvgIpc) is 2.18. The lowest BCUT2D eigenvalue weighted by Crippen LogP contribution is -2.24. The van der Waals surface area contributed by atoms with Crippen LogP contribution in [0.15, 0.2) is 22.5 Å². The molecule has 0 saturated heterocycles. The molecule has 0 aromatic carbocycles. The molecule has 3 nitrogen and oxygen atoms in total. The van der Waals surface area contributed by atoms with Crippen LogP contribution in [0.1, 0.15) is 0 Å². The summed E-state index contributed by atoms with van der Waals surface area (Å²) >= 11 is 5.06. The average molecular weight is 276 g/mol. The van der Waals surface area contributed by atoms with Crippen molar-refractivity contribution in [3.8, 4) is 0 Å². The van der Waals surface area contributed by atoms with Crippen LogP contribution in [-0.2, 0) is 0 Å². The van der Waals surface area contributed by atoms with Crippen molar-refractivity contribution in [3.63, 3.8) is 0 Å². The Bertz CT molecular complexity index is 371. The maximum absolute atomic E-state index is 13.3. The molecule has 0 N–H and O–H groups in total. The second-order valence-electron chi connectivity index (χ2n) is 2.67. The summed E-state index contributed by atoms with van der Waals surface area (Å²) in [6.45, 7) is 0.758. The molecule has 0 saturated carbocycles. The number of aromatic nitrogens is 2. The molecule has 0 radical (unpaired) electrons. The molecule has 0 spiro atoms. The predicted molar refractivity (Wildman–Crippen MR) is 58.8 cm³/mol. The van der Waals surface area contributed by atoms with Gasteiger partial charge in [-0.05, 0) is 15.9 Å². The normalized spacial score (nSPS) is 16.7. The lowest BCUT2D eigenvalue weighted by atomic mass is 10.4. The molecular weight excluding hydrogens is 269 g/mol. The zero-order chi connectivity index (χ0) is 9.97. The molecule has 2 rings (SSSR count). The first-order chi connectivity index (χ1) is 6.77. The second kappa shape index (κ2) is 4.27. The lowest BCUT2D eigenvalue weighted by molar-refractivity contribution is 0.610. The van der Waals surface area contributed by atoms with E-state index in [9.17, 15) is 4.39 Å². The minimum atomic E-state index is -0.393. The third-order valence-corrected chi connectivity index (χ3v) is 3.41. The van der Waals surface area contributed by atoms with E-state index in [-0.39, 0.29) is 0 Å². The zero-order valence-electron chi connectivity index (χ0n) is 7.15. The zero-order valence-corrected chi connectivity index (χ0v) is 9.55. The lowest BCUT2D eigenvalue weighted by Gasteiger charge is -2.23. The topological polar surface area (TPSA) is 29.0 Å². The molecule has 1 aliphatic heterocycles. The number of halogens is 2. The summed E-state index contributed by atoms with van der Waals surface area (Å²) in [5, 5.41) is 0. The Hall–Kier alpha value is -0.620. The van der Waals surface area contributed by atoms with Crippen molar-refractivity contribution in [2.24, 2.45) is 0 Å². The summed E-state index contributed by atoms with van der Waals surface area (Å²) in [6, 6.07) is 0. The van der Waals surface area contributed by atoms with Crippen LogP contribution in [0.5, 0.6) is 0 Å². The van der Waals surface area contributed by atoms with Crippen molar-refractivity contribution in [2.45, 2.75) is 0 Å². The smallest absolute Gasteiger partial charge is 0.184 e. The molecule has 0 fully saturated rings. The van der Waals surface area contributed by atoms with Crippen molar-refractivity contribution in [1.29, 1.82) is 0 Å². The molecule has 2 heterocycles. The number of hydrogen-bond donors (Lipinski definition) is 0. The molecule has 0 unspecified atom stereocenters. The van der Waals surface area contributed by atoms with Gasteiger partial charge in [-0.15, -0.1) is 11.8 Å². The van der Waals surface area contributed by atoms with Crippen LogP contribution < -0.4 is 4.90 Å². The van der Waals surface area contributed by atoms with E-state index < -0.39 is 5.82 Å². The van der Waals surface area contributed by atoms with E-state index in [1.54, 1.807) is 16.7 Å². The summed E-state index contributed by atoms with van der Waals surface area (Å²) in [6.07, 6.45) is 4.35. The first kappa shape index (κ1) is 9.92. The van der Waals surface area contributed by atoms with Gasteiger partial charge in [0.2, 0.25) is 0 Å². The Balaban J connectivity index is 2.31. The maximum atomic E-state index is 13.3. The third kappa shape index (κ3) is 2.06. The SMILES string of the molecule is Fc1cncnc1N1C=C(Br)SCC1. The molecule has 0 atom stereocenters. The van der Waals surface area contributed by atoms with Crippen molar-refractivity contribution in [2.75, 3.05) is 17.2 Å². The van der Waals surface area contributed by atoms with Crippen LogP contribution in [-0.4, -0.2) is 22.3 Å². The van der Waals surface area contributed by atoms with Gasteiger partial charge in [0.25, 0.3) is 0 Å². The van der Waals surface area contributed by atoms with Gasteiger partial charge in [-0.25, -0.2) is 14.4 Å². The summed E-state index contributed by atoms with van der Waals surface area (Å²) < 4.78 is 14.3. The van der Waals surface area contributed by atoms with E-state index >= 15 is 0 Å². The van der Waals surface area contributed by atoms with E-state index in [0.29, 0.717) is 5.82 Å². The van der Waals surface area contributed by atoms with E-state index in [1.807, 2.05) is 6.20 Å². The molecule has 0 aliphatic carbocycles. The minimum Gasteiger partial charge on any atom is -0.328 e. The van der Waals surface area contributed by atoms with Crippen molar-refractivity contribution >= 4 is 33.5 Å². The van der Waals surface area contributed by atoms with Gasteiger partial charge in [0.1, 0.15) is 6.33 Å². The van der Waals surface area contributed by atoms with Crippen LogP contribution in [0, 0.1) is 5.82 Å². The molecule has 1 aromatic heterocycles. The summed E-state index contributed by atoms with van der Waals surface area (Å²) in [5.74, 6) is 0.855. The molecule has 74 valence electrons. The van der Waals surface area contributed by atoms with Gasteiger partial charge >= 0.3 is 0 Å². The molecular formula is C8H7BrFN3S. The van der Waals surface area contributed by atoms with Crippen molar-refractivity contribution < 1.29 is 4.39 Å². The van der Waals surface area contributed by atoms with Gasteiger partial charge in [0.05, 0.1) is 10.0 Å². The van der Waals surface area contributed by atoms with Crippen LogP contribution >= 0.6 is 27.7 Å². The van der Waals surface area contributed by atoms with E-state index in [1.165, 1.54) is 12.5 Å². The number of nitrogens with zero attached hydrogens (tertiary/aromatic N) is 3. The van der Waals surface area contributed by atoms with Crippen LogP contribution in [0.3, 0.4) is 0 Å². The van der Waals surface area contributed by atoms with E-state index in [2.05, 4.69) is 25.9 Å². The fourth-order valence-electron chi connectivity index (χ4n) is 1.15. The first-order valence-electron chi connectivity index (χ1n) is 3.99. The van der Waals surface area contributed by atoms with Crippen LogP contribution in [0.25, 0.3) is 0 Å². The third-order valence-electron chi connectivity index (χ3n) is 1.75. The highest BCUT2D eigenvalue weighted by Crippen LogP contribution is 2.29. The predicted octanol–water partition coefficient (Wildman–Crippen LogP) is 2.36. The number of anilines is 1. The van der Waals surface area contributed by atoms with Crippen molar-refractivity contribution in [1.82, 2.24) is 9.97 Å².